The van der Waals surface area contributed by atoms with Crippen LogP contribution in [0.1, 0.15) is 55.1 Å². The van der Waals surface area contributed by atoms with E-state index in [1.807, 2.05) is 26.0 Å². The molecular formula is C24H24F3NO4. The SMILES string of the molecule is CC(C)c1onc(-c2ccccc2C(F)(F)F)c1COc1ccc(CCCC(=O)O)cc1. The van der Waals surface area contributed by atoms with Gasteiger partial charge in [-0.25, -0.2) is 0 Å². The zero-order valence-corrected chi connectivity index (χ0v) is 17.8. The maximum atomic E-state index is 13.5. The highest BCUT2D eigenvalue weighted by molar-refractivity contribution is 5.68. The number of carbonyl (C=O) groups is 1. The highest BCUT2D eigenvalue weighted by atomic mass is 19.4. The van der Waals surface area contributed by atoms with Gasteiger partial charge in [-0.3, -0.25) is 4.79 Å². The molecule has 1 N–H and O–H groups in total. The van der Waals surface area contributed by atoms with Crippen LogP contribution in [-0.2, 0) is 24.0 Å². The van der Waals surface area contributed by atoms with Gasteiger partial charge in [0.05, 0.1) is 11.1 Å². The third-order valence-corrected chi connectivity index (χ3v) is 4.99. The molecule has 0 saturated heterocycles. The molecule has 5 nitrogen and oxygen atoms in total. The second-order valence-corrected chi connectivity index (χ2v) is 7.75. The Labute approximate surface area is 183 Å². The van der Waals surface area contributed by atoms with Crippen molar-refractivity contribution in [2.45, 2.75) is 51.8 Å². The third kappa shape index (κ3) is 5.69. The summed E-state index contributed by atoms with van der Waals surface area (Å²) < 4.78 is 51.8. The van der Waals surface area contributed by atoms with Gasteiger partial charge in [-0.05, 0) is 36.6 Å². The summed E-state index contributed by atoms with van der Waals surface area (Å²) in [5, 5.41) is 12.7. The van der Waals surface area contributed by atoms with Crippen molar-refractivity contribution >= 4 is 5.97 Å². The molecule has 3 rings (SSSR count). The van der Waals surface area contributed by atoms with E-state index >= 15 is 0 Å². The summed E-state index contributed by atoms with van der Waals surface area (Å²) in [6.07, 6.45) is -3.25. The van der Waals surface area contributed by atoms with Gasteiger partial charge in [0.1, 0.15) is 23.8 Å². The quantitative estimate of drug-likeness (QED) is 0.407. The molecule has 0 aliphatic rings. The van der Waals surface area contributed by atoms with Crippen LogP contribution in [0, 0.1) is 0 Å². The zero-order valence-electron chi connectivity index (χ0n) is 17.8. The molecule has 170 valence electrons. The first-order valence-corrected chi connectivity index (χ1v) is 10.3. The van der Waals surface area contributed by atoms with Gasteiger partial charge in [-0.2, -0.15) is 13.2 Å². The Bertz CT molecular complexity index is 1060. The number of nitrogens with zero attached hydrogens (tertiary/aromatic N) is 1. The summed E-state index contributed by atoms with van der Waals surface area (Å²) in [6.45, 7) is 3.74. The van der Waals surface area contributed by atoms with Gasteiger partial charge in [-0.1, -0.05) is 49.3 Å². The van der Waals surface area contributed by atoms with Gasteiger partial charge >= 0.3 is 12.1 Å². The van der Waals surface area contributed by atoms with E-state index in [0.29, 0.717) is 29.9 Å². The fraction of sp³-hybridized carbons (Fsp3) is 0.333. The van der Waals surface area contributed by atoms with Crippen molar-refractivity contribution in [1.82, 2.24) is 5.16 Å². The predicted octanol–water partition coefficient (Wildman–Crippen LogP) is 6.47. The van der Waals surface area contributed by atoms with Gasteiger partial charge in [-0.15, -0.1) is 0 Å². The van der Waals surface area contributed by atoms with Crippen molar-refractivity contribution in [3.63, 3.8) is 0 Å². The predicted molar refractivity (Wildman–Crippen MR) is 112 cm³/mol. The molecule has 1 aromatic heterocycles. The molecule has 0 saturated carbocycles. The van der Waals surface area contributed by atoms with Crippen LogP contribution >= 0.6 is 0 Å². The molecular weight excluding hydrogens is 423 g/mol. The summed E-state index contributed by atoms with van der Waals surface area (Å²) in [7, 11) is 0. The lowest BCUT2D eigenvalue weighted by molar-refractivity contribution is -0.138. The van der Waals surface area contributed by atoms with Crippen molar-refractivity contribution in [1.29, 1.82) is 0 Å². The first kappa shape index (κ1) is 23.4. The Morgan fingerprint density at radius 2 is 1.81 bits per heavy atom. The summed E-state index contributed by atoms with van der Waals surface area (Å²) in [6, 6.07) is 12.4. The monoisotopic (exact) mass is 447 g/mol. The number of hydrogen-bond acceptors (Lipinski definition) is 4. The number of carboxylic acid groups (broad SMARTS) is 1. The van der Waals surface area contributed by atoms with Crippen molar-refractivity contribution in [2.24, 2.45) is 0 Å². The van der Waals surface area contributed by atoms with E-state index in [9.17, 15) is 18.0 Å². The first-order chi connectivity index (χ1) is 15.2. The van der Waals surface area contributed by atoms with Crippen LogP contribution in [-0.4, -0.2) is 16.2 Å². The van der Waals surface area contributed by atoms with Crippen LogP contribution in [0.3, 0.4) is 0 Å². The molecule has 3 aromatic rings. The normalized spacial score (nSPS) is 11.7. The second kappa shape index (κ2) is 9.89. The summed E-state index contributed by atoms with van der Waals surface area (Å²) in [5.41, 5.74) is 0.735. The Morgan fingerprint density at radius 1 is 1.12 bits per heavy atom. The summed E-state index contributed by atoms with van der Waals surface area (Å²) in [5.74, 6) is 0.0901. The fourth-order valence-corrected chi connectivity index (χ4v) is 3.42. The Hall–Kier alpha value is -3.29. The minimum absolute atomic E-state index is 0.00308. The maximum absolute atomic E-state index is 13.5. The standard InChI is InChI=1S/C24H24F3NO4/c1-15(2)23-19(14-31-17-12-10-16(11-13-17)6-5-9-21(29)30)22(28-32-23)18-7-3-4-8-20(18)24(25,26)27/h3-4,7-8,10-13,15H,5-6,9,14H2,1-2H3,(H,29,30). The van der Waals surface area contributed by atoms with E-state index in [-0.39, 0.29) is 30.2 Å². The smallest absolute Gasteiger partial charge is 0.417 e. The molecule has 0 radical (unpaired) electrons. The van der Waals surface area contributed by atoms with Crippen LogP contribution in [0.5, 0.6) is 5.75 Å². The highest BCUT2D eigenvalue weighted by Gasteiger charge is 2.35. The number of carboxylic acids is 1. The second-order valence-electron chi connectivity index (χ2n) is 7.75. The molecule has 0 bridgehead atoms. The summed E-state index contributed by atoms with van der Waals surface area (Å²) in [4.78, 5) is 10.6. The average Bonchev–Trinajstić information content (AvgIpc) is 3.16. The minimum atomic E-state index is -4.53. The van der Waals surface area contributed by atoms with Gasteiger partial charge in [0.2, 0.25) is 0 Å². The zero-order chi connectivity index (χ0) is 23.3. The molecule has 0 spiro atoms. The molecule has 0 aliphatic carbocycles. The number of hydrogen-bond donors (Lipinski definition) is 1. The molecule has 1 heterocycles. The lowest BCUT2D eigenvalue weighted by Gasteiger charge is -2.13. The Balaban J connectivity index is 1.82. The van der Waals surface area contributed by atoms with Crippen LogP contribution in [0.15, 0.2) is 53.1 Å². The topological polar surface area (TPSA) is 72.6 Å². The molecule has 0 fully saturated rings. The van der Waals surface area contributed by atoms with Crippen molar-refractivity contribution in [2.75, 3.05) is 0 Å². The molecule has 2 aromatic carbocycles. The molecule has 0 amide bonds. The number of alkyl halides is 3. The first-order valence-electron chi connectivity index (χ1n) is 10.3. The van der Waals surface area contributed by atoms with Crippen LogP contribution in [0.2, 0.25) is 0 Å². The Kier molecular flexibility index (Phi) is 7.22. The van der Waals surface area contributed by atoms with E-state index in [4.69, 9.17) is 14.4 Å². The molecule has 0 aliphatic heterocycles. The molecule has 0 atom stereocenters. The van der Waals surface area contributed by atoms with Crippen LogP contribution in [0.25, 0.3) is 11.3 Å². The fourth-order valence-electron chi connectivity index (χ4n) is 3.42. The Morgan fingerprint density at radius 3 is 2.44 bits per heavy atom. The number of aryl methyl sites for hydroxylation is 1. The molecule has 8 heteroatoms. The van der Waals surface area contributed by atoms with Crippen molar-refractivity contribution < 1.29 is 32.3 Å². The number of benzene rings is 2. The maximum Gasteiger partial charge on any atom is 0.417 e. The largest absolute Gasteiger partial charge is 0.489 e. The van der Waals surface area contributed by atoms with Gasteiger partial charge < -0.3 is 14.4 Å². The van der Waals surface area contributed by atoms with Crippen LogP contribution < -0.4 is 4.74 Å². The number of rotatable bonds is 9. The van der Waals surface area contributed by atoms with Gasteiger partial charge in [0.15, 0.2) is 0 Å². The lowest BCUT2D eigenvalue weighted by atomic mass is 9.98. The van der Waals surface area contributed by atoms with E-state index in [1.165, 1.54) is 18.2 Å². The minimum Gasteiger partial charge on any atom is -0.489 e. The lowest BCUT2D eigenvalue weighted by Crippen LogP contribution is -2.08. The van der Waals surface area contributed by atoms with E-state index < -0.39 is 17.7 Å². The van der Waals surface area contributed by atoms with E-state index in [0.717, 1.165) is 11.6 Å². The molecule has 32 heavy (non-hydrogen) atoms. The van der Waals surface area contributed by atoms with E-state index in [2.05, 4.69) is 5.16 Å². The highest BCUT2D eigenvalue weighted by Crippen LogP contribution is 2.39. The average molecular weight is 447 g/mol. The number of aromatic nitrogens is 1. The van der Waals surface area contributed by atoms with Crippen molar-refractivity contribution in [3.8, 4) is 17.0 Å². The number of ether oxygens (including phenoxy) is 1. The number of aliphatic carboxylic acids is 1. The number of halogens is 3. The van der Waals surface area contributed by atoms with Crippen molar-refractivity contribution in [3.05, 3.63) is 71.0 Å². The van der Waals surface area contributed by atoms with Crippen LogP contribution in [0.4, 0.5) is 13.2 Å². The third-order valence-electron chi connectivity index (χ3n) is 4.99. The molecule has 0 unspecified atom stereocenters. The summed E-state index contributed by atoms with van der Waals surface area (Å²) >= 11 is 0. The van der Waals surface area contributed by atoms with Gasteiger partial charge in [0, 0.05) is 17.9 Å². The van der Waals surface area contributed by atoms with Gasteiger partial charge in [0.25, 0.3) is 0 Å². The van der Waals surface area contributed by atoms with E-state index in [1.54, 1.807) is 12.1 Å².